The van der Waals surface area contributed by atoms with E-state index in [9.17, 15) is 4.79 Å². The van der Waals surface area contributed by atoms with Crippen molar-refractivity contribution in [3.05, 3.63) is 65.0 Å². The van der Waals surface area contributed by atoms with Gasteiger partial charge in [-0.1, -0.05) is 36.0 Å². The largest absolute Gasteiger partial charge is 0.497 e. The molecule has 7 heteroatoms. The summed E-state index contributed by atoms with van der Waals surface area (Å²) >= 11 is 1.41. The Bertz CT molecular complexity index is 999. The fourth-order valence-corrected chi connectivity index (χ4v) is 3.93. The van der Waals surface area contributed by atoms with Crippen LogP contribution < -0.4 is 4.74 Å². The van der Waals surface area contributed by atoms with Gasteiger partial charge in [0.2, 0.25) is 5.91 Å². The van der Waals surface area contributed by atoms with Gasteiger partial charge < -0.3 is 9.64 Å². The molecule has 0 aliphatic rings. The van der Waals surface area contributed by atoms with Gasteiger partial charge in [-0.25, -0.2) is 0 Å². The van der Waals surface area contributed by atoms with Crippen LogP contribution in [-0.2, 0) is 11.3 Å². The van der Waals surface area contributed by atoms with Crippen molar-refractivity contribution in [3.8, 4) is 11.4 Å². The molecule has 1 aromatic heterocycles. The van der Waals surface area contributed by atoms with Crippen LogP contribution in [0.4, 0.5) is 0 Å². The zero-order chi connectivity index (χ0) is 21.0. The summed E-state index contributed by atoms with van der Waals surface area (Å²) in [6.45, 7) is 6.60. The Hall–Kier alpha value is -2.80. The lowest BCUT2D eigenvalue weighted by atomic mass is 10.1. The molecule has 0 fully saturated rings. The van der Waals surface area contributed by atoms with Crippen molar-refractivity contribution in [2.75, 3.05) is 19.9 Å². The second kappa shape index (κ2) is 9.13. The summed E-state index contributed by atoms with van der Waals surface area (Å²) in [6, 6.07) is 14.0. The van der Waals surface area contributed by atoms with E-state index in [1.165, 1.54) is 17.3 Å². The van der Waals surface area contributed by atoms with Crippen LogP contribution in [0.2, 0.25) is 0 Å². The van der Waals surface area contributed by atoms with E-state index in [0.29, 0.717) is 12.3 Å². The molecule has 3 rings (SSSR count). The Morgan fingerprint density at radius 3 is 2.52 bits per heavy atom. The third kappa shape index (κ3) is 4.98. The predicted molar refractivity (Wildman–Crippen MR) is 116 cm³/mol. The van der Waals surface area contributed by atoms with E-state index in [2.05, 4.69) is 42.2 Å². The molecular weight excluding hydrogens is 384 g/mol. The molecule has 0 saturated heterocycles. The van der Waals surface area contributed by atoms with Crippen molar-refractivity contribution in [2.45, 2.75) is 32.5 Å². The Balaban J connectivity index is 1.68. The Morgan fingerprint density at radius 1 is 1.10 bits per heavy atom. The van der Waals surface area contributed by atoms with Gasteiger partial charge in [0.1, 0.15) is 11.6 Å². The lowest BCUT2D eigenvalue weighted by Crippen LogP contribution is -2.27. The number of ether oxygens (including phenoxy) is 1. The Kier molecular flexibility index (Phi) is 6.59. The molecule has 2 aromatic carbocycles. The average Bonchev–Trinajstić information content (AvgIpc) is 3.08. The van der Waals surface area contributed by atoms with Crippen LogP contribution in [0.1, 0.15) is 22.5 Å². The number of thioether (sulfide) groups is 1. The minimum absolute atomic E-state index is 0.0407. The summed E-state index contributed by atoms with van der Waals surface area (Å²) < 4.78 is 7.19. The van der Waals surface area contributed by atoms with E-state index in [4.69, 9.17) is 4.74 Å². The van der Waals surface area contributed by atoms with E-state index in [1.54, 1.807) is 12.0 Å². The number of carbonyl (C=O) groups is 1. The maximum Gasteiger partial charge on any atom is 0.233 e. The summed E-state index contributed by atoms with van der Waals surface area (Å²) in [5.41, 5.74) is 4.42. The number of hydrogen-bond acceptors (Lipinski definition) is 5. The number of hydrogen-bond donors (Lipinski definition) is 0. The van der Waals surface area contributed by atoms with Gasteiger partial charge in [-0.15, -0.1) is 10.2 Å². The molecule has 1 amide bonds. The number of amides is 1. The minimum Gasteiger partial charge on any atom is -0.497 e. The lowest BCUT2D eigenvalue weighted by molar-refractivity contribution is -0.127. The van der Waals surface area contributed by atoms with Gasteiger partial charge >= 0.3 is 0 Å². The Morgan fingerprint density at radius 2 is 1.83 bits per heavy atom. The molecule has 0 atom stereocenters. The molecule has 0 aliphatic heterocycles. The lowest BCUT2D eigenvalue weighted by Gasteiger charge is -2.17. The molecule has 0 spiro atoms. The van der Waals surface area contributed by atoms with Gasteiger partial charge in [0.25, 0.3) is 0 Å². The number of rotatable bonds is 7. The highest BCUT2D eigenvalue weighted by atomic mass is 32.2. The molecule has 1 heterocycles. The Labute approximate surface area is 175 Å². The van der Waals surface area contributed by atoms with E-state index in [-0.39, 0.29) is 5.91 Å². The van der Waals surface area contributed by atoms with E-state index in [0.717, 1.165) is 33.5 Å². The summed E-state index contributed by atoms with van der Waals surface area (Å²) in [5.74, 6) is 1.95. The highest BCUT2D eigenvalue weighted by Crippen LogP contribution is 2.25. The first kappa shape index (κ1) is 20.9. The molecule has 3 aromatic rings. The second-order valence-corrected chi connectivity index (χ2v) is 7.98. The first-order valence-corrected chi connectivity index (χ1v) is 10.4. The van der Waals surface area contributed by atoms with Crippen LogP contribution in [0.5, 0.6) is 5.75 Å². The fraction of sp³-hybridized carbons (Fsp3) is 0.318. The summed E-state index contributed by atoms with van der Waals surface area (Å²) in [4.78, 5) is 14.4. The molecule has 0 unspecified atom stereocenters. The van der Waals surface area contributed by atoms with Crippen LogP contribution in [0.3, 0.4) is 0 Å². The van der Waals surface area contributed by atoms with Crippen molar-refractivity contribution in [1.82, 2.24) is 19.7 Å². The number of benzene rings is 2. The van der Waals surface area contributed by atoms with Crippen LogP contribution in [0, 0.1) is 20.8 Å². The highest BCUT2D eigenvalue weighted by molar-refractivity contribution is 7.99. The van der Waals surface area contributed by atoms with Gasteiger partial charge in [-0.05, 0) is 55.7 Å². The van der Waals surface area contributed by atoms with Gasteiger partial charge in [0.15, 0.2) is 5.16 Å². The highest BCUT2D eigenvalue weighted by Gasteiger charge is 2.17. The molecule has 6 nitrogen and oxygen atoms in total. The number of nitrogens with zero attached hydrogens (tertiary/aromatic N) is 4. The number of aromatic nitrogens is 3. The van der Waals surface area contributed by atoms with E-state index < -0.39 is 0 Å². The third-order valence-electron chi connectivity index (χ3n) is 4.73. The zero-order valence-electron chi connectivity index (χ0n) is 17.5. The summed E-state index contributed by atoms with van der Waals surface area (Å²) in [5, 5.41) is 9.24. The molecule has 0 radical (unpaired) electrons. The first-order chi connectivity index (χ1) is 13.9. The monoisotopic (exact) mass is 410 g/mol. The number of aryl methyl sites for hydroxylation is 3. The molecule has 29 heavy (non-hydrogen) atoms. The van der Waals surface area contributed by atoms with Gasteiger partial charge in [0.05, 0.1) is 18.6 Å². The molecule has 0 aliphatic carbocycles. The predicted octanol–water partition coefficient (Wildman–Crippen LogP) is 3.95. The fourth-order valence-electron chi connectivity index (χ4n) is 3.00. The first-order valence-electron chi connectivity index (χ1n) is 9.38. The molecular formula is C22H26N4O2S. The number of carbonyl (C=O) groups excluding carboxylic acids is 1. The topological polar surface area (TPSA) is 60.2 Å². The third-order valence-corrected chi connectivity index (χ3v) is 5.64. The molecule has 152 valence electrons. The summed E-state index contributed by atoms with van der Waals surface area (Å²) in [7, 11) is 3.45. The van der Waals surface area contributed by atoms with Crippen molar-refractivity contribution in [1.29, 1.82) is 0 Å². The number of methoxy groups -OCH3 is 1. The quantitative estimate of drug-likeness (QED) is 0.552. The standard InChI is InChI=1S/C22H26N4O2S/c1-15-6-7-16(2)20(12-15)26-17(3)23-24-22(26)29-14-21(27)25(4)13-18-8-10-19(28-5)11-9-18/h6-12H,13-14H2,1-5H3. The molecule has 0 saturated carbocycles. The van der Waals surface area contributed by atoms with Gasteiger partial charge in [-0.2, -0.15) is 0 Å². The average molecular weight is 411 g/mol. The van der Waals surface area contributed by atoms with Gasteiger partial charge in [0, 0.05) is 13.6 Å². The maximum atomic E-state index is 12.6. The normalized spacial score (nSPS) is 10.8. The SMILES string of the molecule is COc1ccc(CN(C)C(=O)CSc2nnc(C)n2-c2cc(C)ccc2C)cc1. The van der Waals surface area contributed by atoms with Crippen molar-refractivity contribution >= 4 is 17.7 Å². The minimum atomic E-state index is 0.0407. The molecule has 0 bridgehead atoms. The second-order valence-electron chi connectivity index (χ2n) is 7.04. The van der Waals surface area contributed by atoms with Crippen molar-refractivity contribution in [2.24, 2.45) is 0 Å². The summed E-state index contributed by atoms with van der Waals surface area (Å²) in [6.07, 6.45) is 0. The maximum absolute atomic E-state index is 12.6. The van der Waals surface area contributed by atoms with E-state index in [1.807, 2.05) is 42.8 Å². The van der Waals surface area contributed by atoms with Crippen LogP contribution >= 0.6 is 11.8 Å². The smallest absolute Gasteiger partial charge is 0.233 e. The zero-order valence-corrected chi connectivity index (χ0v) is 18.3. The van der Waals surface area contributed by atoms with E-state index >= 15 is 0 Å². The van der Waals surface area contributed by atoms with Crippen LogP contribution in [0.25, 0.3) is 5.69 Å². The van der Waals surface area contributed by atoms with Crippen molar-refractivity contribution < 1.29 is 9.53 Å². The van der Waals surface area contributed by atoms with Crippen molar-refractivity contribution in [3.63, 3.8) is 0 Å². The van der Waals surface area contributed by atoms with Crippen LogP contribution in [0.15, 0.2) is 47.6 Å². The van der Waals surface area contributed by atoms with Crippen LogP contribution in [-0.4, -0.2) is 45.5 Å². The molecule has 0 N–H and O–H groups in total. The van der Waals surface area contributed by atoms with Gasteiger partial charge in [-0.3, -0.25) is 9.36 Å².